The van der Waals surface area contributed by atoms with Crippen LogP contribution in [0.25, 0.3) is 0 Å². The maximum Gasteiger partial charge on any atom is 0.225 e. The van der Waals surface area contributed by atoms with E-state index in [-0.39, 0.29) is 11.8 Å². The van der Waals surface area contributed by atoms with Gasteiger partial charge in [-0.15, -0.1) is 11.3 Å². The van der Waals surface area contributed by atoms with E-state index < -0.39 is 0 Å². The summed E-state index contributed by atoms with van der Waals surface area (Å²) in [5.74, 6) is 1.01. The number of nitrogens with one attached hydrogen (secondary N) is 1. The smallest absolute Gasteiger partial charge is 0.225 e. The van der Waals surface area contributed by atoms with Crippen LogP contribution >= 0.6 is 11.3 Å². The van der Waals surface area contributed by atoms with Crippen LogP contribution in [0.5, 0.6) is 0 Å². The van der Waals surface area contributed by atoms with E-state index in [1.807, 2.05) is 12.3 Å². The molecule has 25 heavy (non-hydrogen) atoms. The van der Waals surface area contributed by atoms with Crippen LogP contribution < -0.4 is 10.2 Å². The molecule has 0 saturated heterocycles. The lowest BCUT2D eigenvalue weighted by molar-refractivity contribution is -0.125. The number of nitrogens with zero attached hydrogens (tertiary/aromatic N) is 3. The molecule has 1 amide bonds. The predicted octanol–water partition coefficient (Wildman–Crippen LogP) is 2.85. The topological polar surface area (TPSA) is 58.1 Å². The van der Waals surface area contributed by atoms with Crippen molar-refractivity contribution in [2.75, 3.05) is 24.5 Å². The third-order valence-electron chi connectivity index (χ3n) is 4.81. The molecule has 0 saturated carbocycles. The lowest BCUT2D eigenvalue weighted by Gasteiger charge is -2.25. The number of rotatable bonds is 7. The van der Waals surface area contributed by atoms with Crippen LogP contribution in [-0.4, -0.2) is 35.5 Å². The number of hydrogen-bond acceptors (Lipinski definition) is 5. The van der Waals surface area contributed by atoms with Crippen molar-refractivity contribution in [3.8, 4) is 0 Å². The zero-order valence-corrected chi connectivity index (χ0v) is 15.8. The molecular formula is C19H26N4OS. The normalized spacial score (nSPS) is 16.3. The Morgan fingerprint density at radius 3 is 2.96 bits per heavy atom. The van der Waals surface area contributed by atoms with Gasteiger partial charge in [0.15, 0.2) is 0 Å². The molecule has 2 heterocycles. The fourth-order valence-corrected chi connectivity index (χ4v) is 4.00. The number of carbonyl (C=O) groups is 1. The number of anilines is 1. The highest BCUT2D eigenvalue weighted by atomic mass is 32.1. The summed E-state index contributed by atoms with van der Waals surface area (Å²) in [4.78, 5) is 25.2. The minimum Gasteiger partial charge on any atom is -0.355 e. The summed E-state index contributed by atoms with van der Waals surface area (Å²) in [5, 5.41) is 5.16. The lowest BCUT2D eigenvalue weighted by Crippen LogP contribution is -2.35. The van der Waals surface area contributed by atoms with Crippen LogP contribution in [0.3, 0.4) is 0 Å². The van der Waals surface area contributed by atoms with Gasteiger partial charge >= 0.3 is 0 Å². The highest BCUT2D eigenvalue weighted by Gasteiger charge is 2.26. The summed E-state index contributed by atoms with van der Waals surface area (Å²) in [6.07, 6.45) is 5.30. The van der Waals surface area contributed by atoms with Crippen molar-refractivity contribution >= 4 is 23.2 Å². The molecule has 3 rings (SSSR count). The van der Waals surface area contributed by atoms with Crippen molar-refractivity contribution < 1.29 is 4.79 Å². The third-order valence-corrected chi connectivity index (χ3v) is 5.74. The van der Waals surface area contributed by atoms with E-state index in [1.54, 1.807) is 11.3 Å². The van der Waals surface area contributed by atoms with Gasteiger partial charge in [-0.3, -0.25) is 4.79 Å². The van der Waals surface area contributed by atoms with Crippen molar-refractivity contribution in [3.05, 3.63) is 39.8 Å². The minimum atomic E-state index is 0.0405. The van der Waals surface area contributed by atoms with Gasteiger partial charge < -0.3 is 10.2 Å². The van der Waals surface area contributed by atoms with Gasteiger partial charge in [0, 0.05) is 42.3 Å². The first kappa shape index (κ1) is 17.9. The van der Waals surface area contributed by atoms with Crippen LogP contribution in [0.15, 0.2) is 23.7 Å². The summed E-state index contributed by atoms with van der Waals surface area (Å²) in [6.45, 7) is 6.75. The zero-order valence-electron chi connectivity index (χ0n) is 15.0. The van der Waals surface area contributed by atoms with E-state index in [1.165, 1.54) is 4.88 Å². The maximum absolute atomic E-state index is 12.4. The second-order valence-electron chi connectivity index (χ2n) is 6.37. The molecule has 0 aromatic carbocycles. The maximum atomic E-state index is 12.4. The number of aryl methyl sites for hydroxylation is 1. The molecule has 1 atom stereocenters. The summed E-state index contributed by atoms with van der Waals surface area (Å²) in [6, 6.07) is 4.16. The molecule has 0 bridgehead atoms. The summed E-state index contributed by atoms with van der Waals surface area (Å²) >= 11 is 1.74. The molecule has 0 fully saturated rings. The molecule has 1 aliphatic rings. The Labute approximate surface area is 153 Å². The fraction of sp³-hybridized carbons (Fsp3) is 0.526. The van der Waals surface area contributed by atoms with Crippen molar-refractivity contribution in [1.29, 1.82) is 0 Å². The van der Waals surface area contributed by atoms with Crippen molar-refractivity contribution in [1.82, 2.24) is 15.3 Å². The Morgan fingerprint density at radius 1 is 1.40 bits per heavy atom. The number of hydrogen-bond donors (Lipinski definition) is 1. The Hall–Kier alpha value is -1.95. The highest BCUT2D eigenvalue weighted by Crippen LogP contribution is 2.25. The molecule has 0 spiro atoms. The van der Waals surface area contributed by atoms with Crippen LogP contribution in [-0.2, 0) is 24.1 Å². The highest BCUT2D eigenvalue weighted by molar-refractivity contribution is 7.09. The van der Waals surface area contributed by atoms with Crippen molar-refractivity contribution in [2.45, 2.75) is 39.5 Å². The van der Waals surface area contributed by atoms with E-state index in [0.29, 0.717) is 6.54 Å². The molecule has 6 heteroatoms. The van der Waals surface area contributed by atoms with Gasteiger partial charge in [-0.1, -0.05) is 6.07 Å². The molecule has 2 aromatic heterocycles. The van der Waals surface area contributed by atoms with Gasteiger partial charge in [0.2, 0.25) is 11.9 Å². The molecular weight excluding hydrogens is 332 g/mol. The van der Waals surface area contributed by atoms with Crippen LogP contribution in [0, 0.1) is 5.92 Å². The SMILES string of the molecule is CCN(CC)c1ncc2c(n1)CC[C@@H](C(=O)NCCc1cccs1)C2. The Balaban J connectivity index is 1.56. The number of aromatic nitrogens is 2. The van der Waals surface area contributed by atoms with E-state index in [2.05, 4.69) is 40.5 Å². The van der Waals surface area contributed by atoms with E-state index in [9.17, 15) is 4.79 Å². The van der Waals surface area contributed by atoms with Gasteiger partial charge in [0.25, 0.3) is 0 Å². The molecule has 2 aromatic rings. The molecule has 0 radical (unpaired) electrons. The third kappa shape index (κ3) is 4.37. The molecule has 1 N–H and O–H groups in total. The van der Waals surface area contributed by atoms with Crippen LogP contribution in [0.4, 0.5) is 5.95 Å². The summed E-state index contributed by atoms with van der Waals surface area (Å²) in [7, 11) is 0. The quantitative estimate of drug-likeness (QED) is 0.827. The number of thiophene rings is 1. The Bertz CT molecular complexity index is 697. The second-order valence-corrected chi connectivity index (χ2v) is 7.41. The average molecular weight is 359 g/mol. The minimum absolute atomic E-state index is 0.0405. The lowest BCUT2D eigenvalue weighted by atomic mass is 9.86. The van der Waals surface area contributed by atoms with Crippen LogP contribution in [0.2, 0.25) is 0 Å². The Morgan fingerprint density at radius 2 is 2.24 bits per heavy atom. The zero-order chi connectivity index (χ0) is 17.6. The van der Waals surface area contributed by atoms with Gasteiger partial charge in [0.1, 0.15) is 0 Å². The molecule has 134 valence electrons. The monoisotopic (exact) mass is 358 g/mol. The summed E-state index contributed by atoms with van der Waals surface area (Å²) < 4.78 is 0. The van der Waals surface area contributed by atoms with Crippen molar-refractivity contribution in [2.24, 2.45) is 5.92 Å². The van der Waals surface area contributed by atoms with Gasteiger partial charge in [-0.2, -0.15) is 0 Å². The van der Waals surface area contributed by atoms with E-state index >= 15 is 0 Å². The van der Waals surface area contributed by atoms with Gasteiger partial charge in [0.05, 0.1) is 0 Å². The summed E-state index contributed by atoms with van der Waals surface area (Å²) in [5.41, 5.74) is 2.24. The van der Waals surface area contributed by atoms with Gasteiger partial charge in [-0.25, -0.2) is 9.97 Å². The number of amides is 1. The van der Waals surface area contributed by atoms with E-state index in [0.717, 1.165) is 56.0 Å². The number of carbonyl (C=O) groups excluding carboxylic acids is 1. The largest absolute Gasteiger partial charge is 0.355 e. The first-order valence-corrected chi connectivity index (χ1v) is 9.99. The van der Waals surface area contributed by atoms with Gasteiger partial charge in [-0.05, 0) is 56.5 Å². The second kappa shape index (κ2) is 8.43. The molecule has 0 aliphatic heterocycles. The van der Waals surface area contributed by atoms with E-state index in [4.69, 9.17) is 4.98 Å². The number of fused-ring (bicyclic) bond motifs is 1. The molecule has 0 unspecified atom stereocenters. The molecule has 5 nitrogen and oxygen atoms in total. The average Bonchev–Trinajstić information content (AvgIpc) is 3.15. The predicted molar refractivity (Wildman–Crippen MR) is 102 cm³/mol. The standard InChI is InChI=1S/C19H26N4OS/c1-3-23(4-2)19-21-13-15-12-14(7-8-17(15)22-19)18(24)20-10-9-16-6-5-11-25-16/h5-6,11,13-14H,3-4,7-10,12H2,1-2H3,(H,20,24)/t14-/m1/s1. The first-order valence-electron chi connectivity index (χ1n) is 9.11. The Kier molecular flexibility index (Phi) is 6.02. The molecule has 1 aliphatic carbocycles. The van der Waals surface area contributed by atoms with Crippen LogP contribution in [0.1, 0.15) is 36.4 Å². The fourth-order valence-electron chi connectivity index (χ4n) is 3.29. The first-order chi connectivity index (χ1) is 12.2. The van der Waals surface area contributed by atoms with Crippen molar-refractivity contribution in [3.63, 3.8) is 0 Å².